The third-order valence-corrected chi connectivity index (χ3v) is 2.37. The van der Waals surface area contributed by atoms with Gasteiger partial charge in [-0.2, -0.15) is 0 Å². The fourth-order valence-corrected chi connectivity index (χ4v) is 1.51. The van der Waals surface area contributed by atoms with Crippen molar-refractivity contribution in [3.8, 4) is 0 Å². The molecule has 1 fully saturated rings. The number of halogens is 1. The van der Waals surface area contributed by atoms with E-state index in [0.29, 0.717) is 26.2 Å². The van der Waals surface area contributed by atoms with Crippen molar-refractivity contribution in [2.45, 2.75) is 6.92 Å². The number of amides is 2. The molecular weight excluding hydrogens is 204 g/mol. The highest BCUT2D eigenvalue weighted by atomic mass is 35.5. The average molecular weight is 217 g/mol. The molecule has 1 saturated heterocycles. The van der Waals surface area contributed by atoms with E-state index in [1.54, 1.807) is 9.80 Å². The van der Waals surface area contributed by atoms with E-state index in [0.717, 1.165) is 0 Å². The average Bonchev–Trinajstić information content (AvgIpc) is 2.18. The molecule has 4 nitrogen and oxygen atoms in total. The van der Waals surface area contributed by atoms with Crippen LogP contribution < -0.4 is 0 Å². The zero-order chi connectivity index (χ0) is 10.6. The smallest absolute Gasteiger partial charge is 0.247 e. The van der Waals surface area contributed by atoms with Crippen molar-refractivity contribution in [2.75, 3.05) is 26.2 Å². The Hall–Kier alpha value is -1.03. The van der Waals surface area contributed by atoms with Crippen molar-refractivity contribution in [1.29, 1.82) is 0 Å². The van der Waals surface area contributed by atoms with Gasteiger partial charge in [-0.25, -0.2) is 0 Å². The van der Waals surface area contributed by atoms with E-state index in [1.807, 2.05) is 0 Å². The van der Waals surface area contributed by atoms with Crippen LogP contribution in [0.3, 0.4) is 0 Å². The Morgan fingerprint density at radius 2 is 1.64 bits per heavy atom. The first-order valence-corrected chi connectivity index (χ1v) is 4.90. The molecule has 1 aliphatic heterocycles. The van der Waals surface area contributed by atoms with Gasteiger partial charge < -0.3 is 9.80 Å². The van der Waals surface area contributed by atoms with Crippen LogP contribution in [0.5, 0.6) is 0 Å². The highest BCUT2D eigenvalue weighted by Crippen LogP contribution is 2.03. The zero-order valence-corrected chi connectivity index (χ0v) is 8.83. The summed E-state index contributed by atoms with van der Waals surface area (Å²) in [4.78, 5) is 25.7. The summed E-state index contributed by atoms with van der Waals surface area (Å²) < 4.78 is 0. The Morgan fingerprint density at radius 3 is 2.07 bits per heavy atom. The highest BCUT2D eigenvalue weighted by molar-refractivity contribution is 6.26. The molecule has 0 bridgehead atoms. The third-order valence-electron chi connectivity index (χ3n) is 2.24. The van der Waals surface area contributed by atoms with Gasteiger partial charge in [0, 0.05) is 44.7 Å². The first-order valence-electron chi connectivity index (χ1n) is 4.46. The number of carbonyl (C=O) groups excluding carboxylic acids is 2. The first-order chi connectivity index (χ1) is 6.65. The summed E-state index contributed by atoms with van der Waals surface area (Å²) in [5, 5.41) is 0. The van der Waals surface area contributed by atoms with Gasteiger partial charge in [-0.3, -0.25) is 9.59 Å². The maximum absolute atomic E-state index is 11.3. The number of hydrogen-bond acceptors (Lipinski definition) is 2. The minimum Gasteiger partial charge on any atom is -0.339 e. The molecule has 1 aliphatic rings. The first kappa shape index (κ1) is 11.0. The van der Waals surface area contributed by atoms with Crippen LogP contribution in [0.15, 0.2) is 11.6 Å². The second kappa shape index (κ2) is 5.00. The van der Waals surface area contributed by atoms with Crippen LogP contribution in [0.25, 0.3) is 0 Å². The van der Waals surface area contributed by atoms with E-state index in [4.69, 9.17) is 11.6 Å². The molecule has 14 heavy (non-hydrogen) atoms. The minimum atomic E-state index is -0.0943. The van der Waals surface area contributed by atoms with Crippen molar-refractivity contribution in [2.24, 2.45) is 0 Å². The number of piperazine rings is 1. The van der Waals surface area contributed by atoms with Gasteiger partial charge in [0.15, 0.2) is 0 Å². The van der Waals surface area contributed by atoms with E-state index < -0.39 is 0 Å². The van der Waals surface area contributed by atoms with Gasteiger partial charge in [0.05, 0.1) is 0 Å². The molecule has 0 unspecified atom stereocenters. The Kier molecular flexibility index (Phi) is 3.95. The lowest BCUT2D eigenvalue weighted by Crippen LogP contribution is -2.49. The van der Waals surface area contributed by atoms with Crippen LogP contribution >= 0.6 is 11.6 Å². The lowest BCUT2D eigenvalue weighted by atomic mass is 10.3. The van der Waals surface area contributed by atoms with Gasteiger partial charge in [-0.05, 0) is 0 Å². The van der Waals surface area contributed by atoms with Gasteiger partial charge in [-0.1, -0.05) is 11.6 Å². The molecule has 0 N–H and O–H groups in total. The van der Waals surface area contributed by atoms with Crippen molar-refractivity contribution < 1.29 is 9.59 Å². The lowest BCUT2D eigenvalue weighted by molar-refractivity contribution is -0.135. The molecule has 5 heteroatoms. The predicted molar refractivity (Wildman–Crippen MR) is 53.8 cm³/mol. The Labute approximate surface area is 88.1 Å². The Morgan fingerprint density at radius 1 is 1.14 bits per heavy atom. The molecule has 1 rings (SSSR count). The second-order valence-corrected chi connectivity index (χ2v) is 3.38. The normalized spacial score (nSPS) is 17.6. The summed E-state index contributed by atoms with van der Waals surface area (Å²) >= 11 is 5.30. The van der Waals surface area contributed by atoms with Gasteiger partial charge in [-0.15, -0.1) is 0 Å². The van der Waals surface area contributed by atoms with Crippen LogP contribution in [0.4, 0.5) is 0 Å². The summed E-state index contributed by atoms with van der Waals surface area (Å²) in [6.45, 7) is 3.92. The highest BCUT2D eigenvalue weighted by Gasteiger charge is 2.20. The number of hydrogen-bond donors (Lipinski definition) is 0. The van der Waals surface area contributed by atoms with Crippen LogP contribution in [0.2, 0.25) is 0 Å². The van der Waals surface area contributed by atoms with Crippen molar-refractivity contribution in [3.63, 3.8) is 0 Å². The quantitative estimate of drug-likeness (QED) is 0.597. The summed E-state index contributed by atoms with van der Waals surface area (Å²) in [5.41, 5.74) is 1.21. The molecule has 0 atom stereocenters. The molecule has 0 aromatic rings. The summed E-state index contributed by atoms with van der Waals surface area (Å²) in [5.74, 6) is -0.0341. The maximum atomic E-state index is 11.3. The van der Waals surface area contributed by atoms with Gasteiger partial charge in [0.25, 0.3) is 0 Å². The number of carbonyl (C=O) groups is 2. The topological polar surface area (TPSA) is 40.6 Å². The molecule has 0 spiro atoms. The number of nitrogens with zero attached hydrogens (tertiary/aromatic N) is 2. The van der Waals surface area contributed by atoms with Crippen molar-refractivity contribution >= 4 is 23.4 Å². The minimum absolute atomic E-state index is 0.0602. The Bertz CT molecular complexity index is 258. The van der Waals surface area contributed by atoms with E-state index in [1.165, 1.54) is 18.5 Å². The molecule has 0 aromatic carbocycles. The van der Waals surface area contributed by atoms with Gasteiger partial charge >= 0.3 is 0 Å². The fraction of sp³-hybridized carbons (Fsp3) is 0.556. The molecule has 1 heterocycles. The summed E-state index contributed by atoms with van der Waals surface area (Å²) in [6, 6.07) is 0. The number of rotatable bonds is 1. The standard InChI is InChI=1S/C9H13ClN2O2/c1-8(13)11-4-6-12(7-5-11)9(14)2-3-10/h2-3H,4-7H2,1H3/b3-2-. The summed E-state index contributed by atoms with van der Waals surface area (Å²) in [7, 11) is 0. The molecule has 78 valence electrons. The predicted octanol–water partition coefficient (Wildman–Crippen LogP) is 0.430. The van der Waals surface area contributed by atoms with Crippen LogP contribution in [0.1, 0.15) is 6.92 Å². The Balaban J connectivity index is 2.43. The monoisotopic (exact) mass is 216 g/mol. The molecule has 0 radical (unpaired) electrons. The van der Waals surface area contributed by atoms with E-state index in [-0.39, 0.29) is 11.8 Å². The molecule has 0 saturated carbocycles. The van der Waals surface area contributed by atoms with E-state index >= 15 is 0 Å². The maximum Gasteiger partial charge on any atom is 0.247 e. The molecule has 0 aromatic heterocycles. The van der Waals surface area contributed by atoms with Crippen LogP contribution in [-0.2, 0) is 9.59 Å². The van der Waals surface area contributed by atoms with Gasteiger partial charge in [0.1, 0.15) is 0 Å². The molecular formula is C9H13ClN2O2. The van der Waals surface area contributed by atoms with E-state index in [9.17, 15) is 9.59 Å². The molecule has 0 aliphatic carbocycles. The van der Waals surface area contributed by atoms with E-state index in [2.05, 4.69) is 0 Å². The fourth-order valence-electron chi connectivity index (χ4n) is 1.40. The summed E-state index contributed by atoms with van der Waals surface area (Å²) in [6.07, 6.45) is 1.32. The van der Waals surface area contributed by atoms with Crippen molar-refractivity contribution in [1.82, 2.24) is 9.80 Å². The largest absolute Gasteiger partial charge is 0.339 e. The van der Waals surface area contributed by atoms with Crippen molar-refractivity contribution in [3.05, 3.63) is 11.6 Å². The SMILES string of the molecule is CC(=O)N1CCN(C(=O)/C=C\Cl)CC1. The third kappa shape index (κ3) is 2.73. The van der Waals surface area contributed by atoms with Gasteiger partial charge in [0.2, 0.25) is 11.8 Å². The van der Waals surface area contributed by atoms with Crippen LogP contribution in [-0.4, -0.2) is 47.8 Å². The molecule has 2 amide bonds. The lowest BCUT2D eigenvalue weighted by Gasteiger charge is -2.33. The van der Waals surface area contributed by atoms with Crippen LogP contribution in [0, 0.1) is 0 Å². The second-order valence-electron chi connectivity index (χ2n) is 3.12. The zero-order valence-electron chi connectivity index (χ0n) is 8.07.